The van der Waals surface area contributed by atoms with E-state index in [1.54, 1.807) is 24.1 Å². The van der Waals surface area contributed by atoms with Crippen molar-refractivity contribution < 1.29 is 23.3 Å². The summed E-state index contributed by atoms with van der Waals surface area (Å²) in [6.07, 6.45) is 12.5. The van der Waals surface area contributed by atoms with Crippen LogP contribution < -0.4 is 9.64 Å². The van der Waals surface area contributed by atoms with Crippen LogP contribution >= 0.6 is 11.6 Å². The molecule has 0 unspecified atom stereocenters. The number of ether oxygens (including phenoxy) is 2. The van der Waals surface area contributed by atoms with E-state index in [2.05, 4.69) is 38.6 Å². The molecule has 0 radical (unpaired) electrons. The van der Waals surface area contributed by atoms with Crippen molar-refractivity contribution in [2.24, 2.45) is 16.2 Å². The number of rotatable bonds is 6. The number of amides is 1. The van der Waals surface area contributed by atoms with Crippen LogP contribution in [0.5, 0.6) is 5.75 Å². The number of hydrogen-bond donors (Lipinski definition) is 0. The largest absolute Gasteiger partial charge is 0.490 e. The predicted molar refractivity (Wildman–Crippen MR) is 210 cm³/mol. The minimum Gasteiger partial charge on any atom is -0.490 e. The van der Waals surface area contributed by atoms with Gasteiger partial charge in [-0.1, -0.05) is 48.0 Å². The molecule has 5 atom stereocenters. The van der Waals surface area contributed by atoms with Gasteiger partial charge >= 0.3 is 0 Å². The molecule has 0 N–H and O–H groups in total. The smallest absolute Gasteiger partial charge is 0.285 e. The van der Waals surface area contributed by atoms with Crippen molar-refractivity contribution in [2.75, 3.05) is 43.2 Å². The lowest BCUT2D eigenvalue weighted by Crippen LogP contribution is -2.49. The van der Waals surface area contributed by atoms with Crippen molar-refractivity contribution >= 4 is 49.6 Å². The van der Waals surface area contributed by atoms with E-state index in [0.717, 1.165) is 72.6 Å². The molecule has 1 amide bonds. The fraction of sp³-hybridized carbons (Fsp3) is 0.452. The Bertz CT molecular complexity index is 2190. The molecular formula is C42H47ClN4O5S. The fourth-order valence-corrected chi connectivity index (χ4v) is 11.1. The second-order valence-corrected chi connectivity index (χ2v) is 18.2. The summed E-state index contributed by atoms with van der Waals surface area (Å²) in [4.78, 5) is 29.8. The van der Waals surface area contributed by atoms with Crippen molar-refractivity contribution in [1.29, 1.82) is 0 Å². The first-order chi connectivity index (χ1) is 25.7. The van der Waals surface area contributed by atoms with Gasteiger partial charge in [0.1, 0.15) is 11.5 Å². The highest BCUT2D eigenvalue weighted by atomic mass is 35.5. The molecule has 2 aliphatic carbocycles. The van der Waals surface area contributed by atoms with Crippen LogP contribution in [0.3, 0.4) is 0 Å². The third kappa shape index (κ3) is 7.42. The predicted octanol–water partition coefficient (Wildman–Crippen LogP) is 7.82. The first kappa shape index (κ1) is 36.0. The van der Waals surface area contributed by atoms with Crippen molar-refractivity contribution in [2.45, 2.75) is 69.4 Å². The Balaban J connectivity index is 1.12. The third-order valence-electron chi connectivity index (χ3n) is 11.9. The molecule has 3 heterocycles. The van der Waals surface area contributed by atoms with Gasteiger partial charge in [0.25, 0.3) is 5.91 Å². The van der Waals surface area contributed by atoms with E-state index >= 15 is 0 Å². The first-order valence-corrected chi connectivity index (χ1v) is 21.1. The summed E-state index contributed by atoms with van der Waals surface area (Å²) in [5.41, 5.74) is 4.44. The number of Topliss-reactive ketones (excluding diaryl/α,β-unsaturated/α-hetero) is 1. The molecule has 0 saturated heterocycles. The molecule has 4 aromatic rings. The lowest BCUT2D eigenvalue weighted by molar-refractivity contribution is -0.116. The van der Waals surface area contributed by atoms with Crippen LogP contribution in [0.15, 0.2) is 83.4 Å². The van der Waals surface area contributed by atoms with E-state index in [-0.39, 0.29) is 35.2 Å². The average Bonchev–Trinajstić information content (AvgIpc) is 3.49. The summed E-state index contributed by atoms with van der Waals surface area (Å²) in [5, 5.41) is 6.18. The topological polar surface area (TPSA) is 103 Å². The average molecular weight is 755 g/mol. The maximum absolute atomic E-state index is 14.5. The van der Waals surface area contributed by atoms with Crippen molar-refractivity contribution in [3.63, 3.8) is 0 Å². The summed E-state index contributed by atoms with van der Waals surface area (Å²) in [7, 11) is -1.43. The molecule has 2 bridgehead atoms. The second-order valence-electron chi connectivity index (χ2n) is 15.3. The lowest BCUT2D eigenvalue weighted by atomic mass is 9.68. The van der Waals surface area contributed by atoms with E-state index in [4.69, 9.17) is 21.1 Å². The number of hydrogen-bond acceptors (Lipinski definition) is 7. The molecule has 53 heavy (non-hydrogen) atoms. The molecule has 1 fully saturated rings. The number of carbonyl (C=O) groups is 2. The number of nitrogens with zero attached hydrogens (tertiary/aromatic N) is 4. The van der Waals surface area contributed by atoms with Crippen LogP contribution in [-0.4, -0.2) is 70.1 Å². The number of carbonyl (C=O) groups excluding carboxylic acids is 2. The van der Waals surface area contributed by atoms with E-state index in [0.29, 0.717) is 43.4 Å². The number of allylic oxidation sites excluding steroid dienone is 1. The summed E-state index contributed by atoms with van der Waals surface area (Å²) >= 11 is 6.47. The Morgan fingerprint density at radius 1 is 1.11 bits per heavy atom. The van der Waals surface area contributed by atoms with Gasteiger partial charge in [0.15, 0.2) is 0 Å². The number of methoxy groups -OCH3 is 1. The lowest BCUT2D eigenvalue weighted by Gasteiger charge is -2.46. The molecule has 1 saturated carbocycles. The molecule has 11 heteroatoms. The summed E-state index contributed by atoms with van der Waals surface area (Å²) in [5.74, 6) is 0.590. The van der Waals surface area contributed by atoms with Gasteiger partial charge in [0.2, 0.25) is 0 Å². The van der Waals surface area contributed by atoms with Crippen LogP contribution in [0.4, 0.5) is 5.69 Å². The zero-order valence-corrected chi connectivity index (χ0v) is 31.8. The number of anilines is 1. The second kappa shape index (κ2) is 15.0. The van der Waals surface area contributed by atoms with E-state index in [1.165, 1.54) is 11.1 Å². The quantitative estimate of drug-likeness (QED) is 0.185. The number of aryl methyl sites for hydroxylation is 2. The van der Waals surface area contributed by atoms with Gasteiger partial charge in [0, 0.05) is 60.3 Å². The molecule has 2 aliphatic heterocycles. The van der Waals surface area contributed by atoms with Gasteiger partial charge < -0.3 is 14.4 Å². The zero-order valence-electron chi connectivity index (χ0n) is 30.3. The third-order valence-corrected chi connectivity index (χ3v) is 14.3. The van der Waals surface area contributed by atoms with Crippen LogP contribution in [0.2, 0.25) is 5.02 Å². The fourth-order valence-electron chi connectivity index (χ4n) is 8.95. The summed E-state index contributed by atoms with van der Waals surface area (Å²) < 4.78 is 33.4. The first-order valence-electron chi connectivity index (χ1n) is 18.9. The molecular weight excluding hydrogens is 708 g/mol. The Hall–Kier alpha value is -3.99. The summed E-state index contributed by atoms with van der Waals surface area (Å²) in [6, 6.07) is 19.5. The van der Waals surface area contributed by atoms with Crippen LogP contribution in [0, 0.1) is 11.8 Å². The van der Waals surface area contributed by atoms with Crippen molar-refractivity contribution in [1.82, 2.24) is 9.78 Å². The van der Waals surface area contributed by atoms with Crippen LogP contribution in [-0.2, 0) is 37.6 Å². The monoisotopic (exact) mass is 754 g/mol. The Morgan fingerprint density at radius 2 is 2.00 bits per heavy atom. The van der Waals surface area contributed by atoms with Gasteiger partial charge in [-0.2, -0.15) is 9.46 Å². The standard InChI is InChI=1S/C42H47ClN4O5S/c1-51-39-11-3-2-6-21-53(50,26-34(48)18-20-47-37-10-5-4-8-31(37)24-44-47)45-41(49)30-13-17-40-38(23-30)46(25-32-12-15-35(32)39)27-42(28-52-40)19-7-9-29-22-33(43)14-16-36(29)42/h3-5,8,10-11,13-14,16-17,22-24,32,35,39H,2,6-7,9,12,15,18-21,25-28H2,1H3/b11-3+/t32-,35+,39-,42-,53+/m0/s1. The van der Waals surface area contributed by atoms with Crippen molar-refractivity contribution in [3.05, 3.63) is 101 Å². The Kier molecular flexibility index (Phi) is 10.2. The minimum atomic E-state index is -3.20. The molecule has 3 aromatic carbocycles. The van der Waals surface area contributed by atoms with E-state index in [1.807, 2.05) is 42.5 Å². The normalized spacial score (nSPS) is 27.8. The van der Waals surface area contributed by atoms with E-state index in [9.17, 15) is 13.8 Å². The minimum absolute atomic E-state index is 0.0298. The number of ketones is 1. The SMILES string of the molecule is CO[C@H]1/C=C/CCC[S@@](=O)(CC(=O)CCn2ncc3ccccc32)=NC(=O)c2ccc3c(c2)N(C[C@@H]2CC[C@H]21)C[C@@]1(CCCc2cc(Cl)ccc21)CO3. The van der Waals surface area contributed by atoms with Crippen LogP contribution in [0.25, 0.3) is 10.9 Å². The molecule has 1 aromatic heterocycles. The molecule has 4 aliphatic rings. The van der Waals surface area contributed by atoms with Crippen LogP contribution in [0.1, 0.15) is 66.4 Å². The van der Waals surface area contributed by atoms with Crippen molar-refractivity contribution in [3.8, 4) is 5.75 Å². The maximum atomic E-state index is 14.5. The highest BCUT2D eigenvalue weighted by Crippen LogP contribution is 2.47. The molecule has 9 nitrogen and oxygen atoms in total. The van der Waals surface area contributed by atoms with Gasteiger partial charge in [0.05, 0.1) is 45.6 Å². The maximum Gasteiger partial charge on any atom is 0.285 e. The van der Waals surface area contributed by atoms with Gasteiger partial charge in [-0.05, 0) is 104 Å². The Labute approximate surface area is 316 Å². The molecule has 278 valence electrons. The van der Waals surface area contributed by atoms with Gasteiger partial charge in [-0.3, -0.25) is 14.3 Å². The number of benzene rings is 3. The van der Waals surface area contributed by atoms with E-state index < -0.39 is 15.6 Å². The zero-order chi connectivity index (χ0) is 36.6. The number of fused-ring (bicyclic) bond motifs is 5. The number of aromatic nitrogens is 2. The summed E-state index contributed by atoms with van der Waals surface area (Å²) in [6.45, 7) is 2.41. The number of halogens is 1. The highest BCUT2D eigenvalue weighted by Gasteiger charge is 2.44. The molecule has 8 rings (SSSR count). The number of para-hydroxylation sites is 1. The van der Waals surface area contributed by atoms with Gasteiger partial charge in [-0.25, -0.2) is 4.21 Å². The highest BCUT2D eigenvalue weighted by molar-refractivity contribution is 7.94. The Morgan fingerprint density at radius 3 is 2.85 bits per heavy atom. The van der Waals surface area contributed by atoms with Gasteiger partial charge in [-0.15, -0.1) is 0 Å². The molecule has 1 spiro atoms.